The molecule has 0 N–H and O–H groups in total. The molecule has 1 saturated carbocycles. The minimum absolute atomic E-state index is 0. The van der Waals surface area contributed by atoms with E-state index in [1.807, 2.05) is 0 Å². The van der Waals surface area contributed by atoms with Crippen molar-refractivity contribution in [3.05, 3.63) is 0 Å². The standard InChI is InChI=1S/C11H24N.HI/c1-12(2,3)11-9-7-5-4-6-8-10-11;/h11H,4-10H2,1-3H3;1H/q+1;/p-1. The van der Waals surface area contributed by atoms with E-state index in [9.17, 15) is 0 Å². The molecule has 1 fully saturated rings. The largest absolute Gasteiger partial charge is 1.00 e. The van der Waals surface area contributed by atoms with Gasteiger partial charge in [0.25, 0.3) is 0 Å². The van der Waals surface area contributed by atoms with Gasteiger partial charge in [0.1, 0.15) is 0 Å². The molecule has 80 valence electrons. The Morgan fingerprint density at radius 2 is 1.15 bits per heavy atom. The van der Waals surface area contributed by atoms with Crippen molar-refractivity contribution in [1.29, 1.82) is 0 Å². The van der Waals surface area contributed by atoms with Gasteiger partial charge in [0.15, 0.2) is 0 Å². The molecule has 13 heavy (non-hydrogen) atoms. The first-order chi connectivity index (χ1) is 5.61. The van der Waals surface area contributed by atoms with Crippen molar-refractivity contribution in [2.45, 2.75) is 51.0 Å². The van der Waals surface area contributed by atoms with E-state index in [0.717, 1.165) is 6.04 Å². The zero-order valence-electron chi connectivity index (χ0n) is 9.35. The molecule has 0 aromatic heterocycles. The number of hydrogen-bond acceptors (Lipinski definition) is 0. The van der Waals surface area contributed by atoms with E-state index in [4.69, 9.17) is 0 Å². The molecule has 0 radical (unpaired) electrons. The summed E-state index contributed by atoms with van der Waals surface area (Å²) in [6.45, 7) is 0. The Kier molecular flexibility index (Phi) is 6.56. The van der Waals surface area contributed by atoms with Crippen LogP contribution in [0.1, 0.15) is 44.9 Å². The van der Waals surface area contributed by atoms with Gasteiger partial charge in [0.2, 0.25) is 0 Å². The van der Waals surface area contributed by atoms with Gasteiger partial charge < -0.3 is 28.5 Å². The van der Waals surface area contributed by atoms with Gasteiger partial charge in [-0.1, -0.05) is 19.3 Å². The summed E-state index contributed by atoms with van der Waals surface area (Å²) in [5.74, 6) is 0. The Morgan fingerprint density at radius 3 is 1.54 bits per heavy atom. The molecule has 1 aliphatic rings. The summed E-state index contributed by atoms with van der Waals surface area (Å²) in [5, 5.41) is 0. The van der Waals surface area contributed by atoms with Gasteiger partial charge >= 0.3 is 0 Å². The molecule has 0 aromatic carbocycles. The number of rotatable bonds is 1. The van der Waals surface area contributed by atoms with Gasteiger partial charge in [-0.25, -0.2) is 0 Å². The number of hydrogen-bond donors (Lipinski definition) is 0. The minimum atomic E-state index is 0. The van der Waals surface area contributed by atoms with E-state index < -0.39 is 0 Å². The van der Waals surface area contributed by atoms with Gasteiger partial charge in [-0.15, -0.1) is 0 Å². The third-order valence-electron chi connectivity index (χ3n) is 3.17. The van der Waals surface area contributed by atoms with Gasteiger partial charge in [-0.2, -0.15) is 0 Å². The van der Waals surface area contributed by atoms with E-state index >= 15 is 0 Å². The van der Waals surface area contributed by atoms with Crippen LogP contribution in [0.2, 0.25) is 0 Å². The predicted octanol–water partition coefficient (Wildman–Crippen LogP) is -0.190. The molecule has 0 aliphatic heterocycles. The maximum Gasteiger partial charge on any atom is 0.0884 e. The van der Waals surface area contributed by atoms with Gasteiger partial charge in [0.05, 0.1) is 27.2 Å². The van der Waals surface area contributed by atoms with Crippen molar-refractivity contribution < 1.29 is 28.5 Å². The topological polar surface area (TPSA) is 0 Å². The Labute approximate surface area is 100 Å². The maximum atomic E-state index is 2.34. The van der Waals surface area contributed by atoms with Crippen LogP contribution < -0.4 is 24.0 Å². The van der Waals surface area contributed by atoms with Crippen molar-refractivity contribution in [3.8, 4) is 0 Å². The number of quaternary nitrogens is 1. The molecule has 1 aliphatic carbocycles. The average molecular weight is 297 g/mol. The van der Waals surface area contributed by atoms with Crippen LogP contribution in [-0.4, -0.2) is 31.7 Å². The van der Waals surface area contributed by atoms with E-state index in [-0.39, 0.29) is 24.0 Å². The summed E-state index contributed by atoms with van der Waals surface area (Å²) in [5.41, 5.74) is 0. The molecule has 0 saturated heterocycles. The highest BCUT2D eigenvalue weighted by Gasteiger charge is 2.23. The third kappa shape index (κ3) is 5.21. The third-order valence-corrected chi connectivity index (χ3v) is 3.17. The van der Waals surface area contributed by atoms with Crippen LogP contribution in [0.4, 0.5) is 0 Å². The van der Waals surface area contributed by atoms with Crippen LogP contribution in [0.15, 0.2) is 0 Å². The smallest absolute Gasteiger partial charge is 0.0884 e. The fraction of sp³-hybridized carbons (Fsp3) is 1.00. The lowest BCUT2D eigenvalue weighted by molar-refractivity contribution is -0.897. The van der Waals surface area contributed by atoms with Crippen LogP contribution in [-0.2, 0) is 0 Å². The van der Waals surface area contributed by atoms with Crippen LogP contribution in [0.25, 0.3) is 0 Å². The minimum Gasteiger partial charge on any atom is -1.00 e. The van der Waals surface area contributed by atoms with E-state index in [1.165, 1.54) is 49.4 Å². The summed E-state index contributed by atoms with van der Waals surface area (Å²) >= 11 is 0. The molecule has 0 aromatic rings. The number of nitrogens with zero attached hydrogens (tertiary/aromatic N) is 1. The molecule has 0 unspecified atom stereocenters. The van der Waals surface area contributed by atoms with E-state index in [0.29, 0.717) is 0 Å². The zero-order chi connectivity index (χ0) is 9.03. The molecule has 1 nitrogen and oxygen atoms in total. The first kappa shape index (κ1) is 13.7. The molecule has 2 heteroatoms. The zero-order valence-corrected chi connectivity index (χ0v) is 11.5. The normalized spacial score (nSPS) is 21.5. The number of halogens is 1. The second-order valence-corrected chi connectivity index (χ2v) is 5.12. The quantitative estimate of drug-likeness (QED) is 0.465. The fourth-order valence-electron chi connectivity index (χ4n) is 2.21. The summed E-state index contributed by atoms with van der Waals surface area (Å²) in [7, 11) is 7.02. The SMILES string of the molecule is C[N+](C)(C)C1CCCCCCC1.[I-]. The Bertz CT molecular complexity index is 121. The van der Waals surface area contributed by atoms with Crippen LogP contribution >= 0.6 is 0 Å². The predicted molar refractivity (Wildman–Crippen MR) is 54.1 cm³/mol. The van der Waals surface area contributed by atoms with Crippen molar-refractivity contribution >= 4 is 0 Å². The lowest BCUT2D eigenvalue weighted by Crippen LogP contribution is -3.00. The fourth-order valence-corrected chi connectivity index (χ4v) is 2.21. The van der Waals surface area contributed by atoms with Crippen molar-refractivity contribution in [2.75, 3.05) is 21.1 Å². The highest BCUT2D eigenvalue weighted by atomic mass is 127. The molecule has 1 rings (SSSR count). The Hall–Kier alpha value is 0.690. The molecule has 0 atom stereocenters. The Balaban J connectivity index is 0.00000144. The summed E-state index contributed by atoms with van der Waals surface area (Å²) in [6, 6.07) is 0.922. The van der Waals surface area contributed by atoms with E-state index in [1.54, 1.807) is 0 Å². The van der Waals surface area contributed by atoms with Crippen molar-refractivity contribution in [2.24, 2.45) is 0 Å². The lowest BCUT2D eigenvalue weighted by Gasteiger charge is -2.35. The van der Waals surface area contributed by atoms with Gasteiger partial charge in [-0.05, 0) is 25.7 Å². The van der Waals surface area contributed by atoms with Crippen molar-refractivity contribution in [1.82, 2.24) is 0 Å². The van der Waals surface area contributed by atoms with Gasteiger partial charge in [0, 0.05) is 0 Å². The van der Waals surface area contributed by atoms with Crippen LogP contribution in [0.5, 0.6) is 0 Å². The average Bonchev–Trinajstić information content (AvgIpc) is 1.81. The van der Waals surface area contributed by atoms with Crippen LogP contribution in [0, 0.1) is 0 Å². The van der Waals surface area contributed by atoms with Crippen molar-refractivity contribution in [3.63, 3.8) is 0 Å². The summed E-state index contributed by atoms with van der Waals surface area (Å²) in [4.78, 5) is 0. The van der Waals surface area contributed by atoms with Gasteiger partial charge in [-0.3, -0.25) is 0 Å². The second kappa shape index (κ2) is 6.23. The molecule has 0 amide bonds. The summed E-state index contributed by atoms with van der Waals surface area (Å²) < 4.78 is 1.17. The maximum absolute atomic E-state index is 2.34. The van der Waals surface area contributed by atoms with Crippen LogP contribution in [0.3, 0.4) is 0 Å². The lowest BCUT2D eigenvalue weighted by atomic mass is 9.95. The highest BCUT2D eigenvalue weighted by molar-refractivity contribution is 4.62. The molecule has 0 spiro atoms. The first-order valence-corrected chi connectivity index (χ1v) is 5.42. The second-order valence-electron chi connectivity index (χ2n) is 5.12. The molecule has 0 bridgehead atoms. The summed E-state index contributed by atoms with van der Waals surface area (Å²) in [6.07, 6.45) is 10.2. The molecule has 0 heterocycles. The highest BCUT2D eigenvalue weighted by Crippen LogP contribution is 2.22. The monoisotopic (exact) mass is 297 g/mol. The molecular weight excluding hydrogens is 273 g/mol. The first-order valence-electron chi connectivity index (χ1n) is 5.42. The van der Waals surface area contributed by atoms with E-state index in [2.05, 4.69) is 21.1 Å². The Morgan fingerprint density at radius 1 is 0.769 bits per heavy atom. The molecular formula is C11H24IN.